The van der Waals surface area contributed by atoms with Crippen molar-refractivity contribution in [1.29, 1.82) is 0 Å². The summed E-state index contributed by atoms with van der Waals surface area (Å²) in [6.07, 6.45) is 1.75. The Morgan fingerprint density at radius 3 is 2.57 bits per heavy atom. The third-order valence-corrected chi connectivity index (χ3v) is 4.82. The second-order valence-corrected chi connectivity index (χ2v) is 6.80. The van der Waals surface area contributed by atoms with Crippen LogP contribution in [0, 0.1) is 5.82 Å². The number of halogens is 2. The molecule has 2 aromatic heterocycles. The van der Waals surface area contributed by atoms with Crippen LogP contribution in [0.3, 0.4) is 0 Å². The van der Waals surface area contributed by atoms with Crippen LogP contribution in [0.4, 0.5) is 4.39 Å². The molecule has 136 valence electrons. The Morgan fingerprint density at radius 2 is 1.75 bits per heavy atom. The molecule has 3 aromatic carbocycles. The van der Waals surface area contributed by atoms with Crippen LogP contribution in [0.2, 0.25) is 5.02 Å². The maximum atomic E-state index is 13.6. The summed E-state index contributed by atoms with van der Waals surface area (Å²) in [6, 6.07) is 21.5. The molecule has 0 spiro atoms. The quantitative estimate of drug-likeness (QED) is 0.372. The summed E-state index contributed by atoms with van der Waals surface area (Å²) in [4.78, 5) is 0. The van der Waals surface area contributed by atoms with E-state index in [9.17, 15) is 4.39 Å². The van der Waals surface area contributed by atoms with Gasteiger partial charge in [0.1, 0.15) is 11.3 Å². The lowest BCUT2D eigenvalue weighted by Gasteiger charge is -2.08. The number of fused-ring (bicyclic) bond motifs is 1. The Balaban J connectivity index is 1.65. The van der Waals surface area contributed by atoms with Gasteiger partial charge in [0.15, 0.2) is 5.76 Å². The maximum Gasteiger partial charge on any atom is 0.174 e. The molecule has 28 heavy (non-hydrogen) atoms. The lowest BCUT2D eigenvalue weighted by Crippen LogP contribution is -1.98. The lowest BCUT2D eigenvalue weighted by atomic mass is 10.0. The Morgan fingerprint density at radius 1 is 0.893 bits per heavy atom. The van der Waals surface area contributed by atoms with E-state index in [1.165, 1.54) is 12.1 Å². The van der Waals surface area contributed by atoms with Gasteiger partial charge >= 0.3 is 0 Å². The summed E-state index contributed by atoms with van der Waals surface area (Å²) in [7, 11) is 0. The van der Waals surface area contributed by atoms with E-state index >= 15 is 0 Å². The molecule has 0 radical (unpaired) electrons. The highest BCUT2D eigenvalue weighted by atomic mass is 35.5. The van der Waals surface area contributed by atoms with Crippen LogP contribution >= 0.6 is 11.6 Å². The van der Waals surface area contributed by atoms with Crippen molar-refractivity contribution in [2.75, 3.05) is 0 Å². The van der Waals surface area contributed by atoms with Crippen LogP contribution in [0.5, 0.6) is 0 Å². The van der Waals surface area contributed by atoms with Gasteiger partial charge in [-0.1, -0.05) is 35.0 Å². The molecule has 0 unspecified atom stereocenters. The number of aromatic nitrogens is 3. The first-order chi connectivity index (χ1) is 13.7. The van der Waals surface area contributed by atoms with Gasteiger partial charge in [0.2, 0.25) is 0 Å². The van der Waals surface area contributed by atoms with Crippen LogP contribution in [0.15, 0.2) is 83.5 Å². The van der Waals surface area contributed by atoms with E-state index in [1.54, 1.807) is 18.3 Å². The third kappa shape index (κ3) is 2.86. The van der Waals surface area contributed by atoms with E-state index in [2.05, 4.69) is 10.3 Å². The van der Waals surface area contributed by atoms with Crippen molar-refractivity contribution in [1.82, 2.24) is 14.9 Å². The largest absolute Gasteiger partial charge is 0.355 e. The summed E-state index contributed by atoms with van der Waals surface area (Å²) in [5.74, 6) is 0.216. The van der Waals surface area contributed by atoms with Crippen molar-refractivity contribution in [3.05, 3.63) is 89.8 Å². The van der Waals surface area contributed by atoms with Crippen LogP contribution < -0.4 is 0 Å². The van der Waals surface area contributed by atoms with Gasteiger partial charge < -0.3 is 4.52 Å². The molecule has 0 atom stereocenters. The highest BCUT2D eigenvalue weighted by Gasteiger charge is 2.14. The Kier molecular flexibility index (Phi) is 3.95. The zero-order valence-electron chi connectivity index (χ0n) is 14.5. The lowest BCUT2D eigenvalue weighted by molar-refractivity contribution is 0.440. The number of benzene rings is 3. The molecule has 6 heteroatoms. The van der Waals surface area contributed by atoms with Crippen LogP contribution in [-0.4, -0.2) is 14.9 Å². The molecule has 0 aliphatic heterocycles. The summed E-state index contributed by atoms with van der Waals surface area (Å²) >= 11 is 6.00. The molecule has 0 saturated heterocycles. The predicted octanol–water partition coefficient (Wildman–Crippen LogP) is 6.14. The van der Waals surface area contributed by atoms with Gasteiger partial charge in [-0.2, -0.15) is 5.10 Å². The molecule has 0 bridgehead atoms. The predicted molar refractivity (Wildman–Crippen MR) is 107 cm³/mol. The van der Waals surface area contributed by atoms with Crippen molar-refractivity contribution >= 4 is 22.5 Å². The standard InChI is InChI=1S/C22H13ClFN3O/c23-16-5-7-18(8-6-16)27-21(10-11-25-27)14-4-9-20-19(13-14)22(28-26-20)15-2-1-3-17(24)12-15/h1-13H. The van der Waals surface area contributed by atoms with Gasteiger partial charge in [0.25, 0.3) is 0 Å². The normalized spacial score (nSPS) is 11.2. The third-order valence-electron chi connectivity index (χ3n) is 4.57. The van der Waals surface area contributed by atoms with Gasteiger partial charge in [0, 0.05) is 16.1 Å². The van der Waals surface area contributed by atoms with Crippen molar-refractivity contribution in [2.45, 2.75) is 0 Å². The molecule has 0 aliphatic rings. The van der Waals surface area contributed by atoms with Crippen LogP contribution in [-0.2, 0) is 0 Å². The van der Waals surface area contributed by atoms with E-state index in [0.29, 0.717) is 21.9 Å². The fourth-order valence-corrected chi connectivity index (χ4v) is 3.37. The van der Waals surface area contributed by atoms with Crippen molar-refractivity contribution < 1.29 is 8.91 Å². The average Bonchev–Trinajstić information content (AvgIpc) is 3.35. The molecule has 0 aliphatic carbocycles. The maximum absolute atomic E-state index is 13.6. The van der Waals surface area contributed by atoms with E-state index in [1.807, 2.05) is 53.2 Å². The van der Waals surface area contributed by atoms with Crippen molar-refractivity contribution in [3.8, 4) is 28.3 Å². The first-order valence-electron chi connectivity index (χ1n) is 8.65. The number of rotatable bonds is 3. The molecule has 0 N–H and O–H groups in total. The SMILES string of the molecule is Fc1cccc(-c2onc3ccc(-c4ccnn4-c4ccc(Cl)cc4)cc23)c1. The molecular weight excluding hydrogens is 377 g/mol. The molecule has 0 saturated carbocycles. The monoisotopic (exact) mass is 389 g/mol. The molecule has 4 nitrogen and oxygen atoms in total. The summed E-state index contributed by atoms with van der Waals surface area (Å²) in [6.45, 7) is 0. The van der Waals surface area contributed by atoms with E-state index in [0.717, 1.165) is 22.3 Å². The number of hydrogen-bond acceptors (Lipinski definition) is 3. The van der Waals surface area contributed by atoms with E-state index in [-0.39, 0.29) is 5.82 Å². The van der Waals surface area contributed by atoms with Gasteiger partial charge in [-0.3, -0.25) is 0 Å². The Hall–Kier alpha value is -3.44. The molecule has 5 rings (SSSR count). The van der Waals surface area contributed by atoms with Crippen molar-refractivity contribution in [2.24, 2.45) is 0 Å². The first kappa shape index (κ1) is 16.7. The Bertz CT molecular complexity index is 1290. The molecular formula is C22H13ClFN3O. The summed E-state index contributed by atoms with van der Waals surface area (Å²) < 4.78 is 21.0. The molecule has 2 heterocycles. The second kappa shape index (κ2) is 6.62. The van der Waals surface area contributed by atoms with Gasteiger partial charge in [0.05, 0.1) is 23.0 Å². The van der Waals surface area contributed by atoms with Gasteiger partial charge in [-0.15, -0.1) is 0 Å². The van der Waals surface area contributed by atoms with Crippen molar-refractivity contribution in [3.63, 3.8) is 0 Å². The van der Waals surface area contributed by atoms with Crippen LogP contribution in [0.1, 0.15) is 0 Å². The fraction of sp³-hybridized carbons (Fsp3) is 0. The second-order valence-electron chi connectivity index (χ2n) is 6.36. The van der Waals surface area contributed by atoms with Gasteiger partial charge in [-0.05, 0) is 54.6 Å². The fourth-order valence-electron chi connectivity index (χ4n) is 3.25. The first-order valence-corrected chi connectivity index (χ1v) is 9.02. The van der Waals surface area contributed by atoms with E-state index < -0.39 is 0 Å². The summed E-state index contributed by atoms with van der Waals surface area (Å²) in [5.41, 5.74) is 4.11. The number of hydrogen-bond donors (Lipinski definition) is 0. The topological polar surface area (TPSA) is 43.9 Å². The average molecular weight is 390 g/mol. The molecule has 5 aromatic rings. The Labute approximate surface area is 164 Å². The smallest absolute Gasteiger partial charge is 0.174 e. The zero-order valence-corrected chi connectivity index (χ0v) is 15.3. The molecule has 0 amide bonds. The molecule has 0 fully saturated rings. The minimum absolute atomic E-state index is 0.320. The van der Waals surface area contributed by atoms with E-state index in [4.69, 9.17) is 16.1 Å². The minimum atomic E-state index is -0.320. The summed E-state index contributed by atoms with van der Waals surface area (Å²) in [5, 5.41) is 10.0. The highest BCUT2D eigenvalue weighted by Crippen LogP contribution is 2.33. The minimum Gasteiger partial charge on any atom is -0.355 e. The highest BCUT2D eigenvalue weighted by molar-refractivity contribution is 6.30. The van der Waals surface area contributed by atoms with Gasteiger partial charge in [-0.25, -0.2) is 9.07 Å². The number of nitrogens with zero attached hydrogens (tertiary/aromatic N) is 3. The zero-order chi connectivity index (χ0) is 19.1. The van der Waals surface area contributed by atoms with Crippen LogP contribution in [0.25, 0.3) is 39.2 Å².